The first-order chi connectivity index (χ1) is 19.7. The molecule has 14 heteroatoms. The van der Waals surface area contributed by atoms with E-state index < -0.39 is 82.9 Å². The summed E-state index contributed by atoms with van der Waals surface area (Å²) in [6, 6.07) is 3.35. The van der Waals surface area contributed by atoms with E-state index >= 15 is 0 Å². The third-order valence-corrected chi connectivity index (χ3v) is 7.02. The van der Waals surface area contributed by atoms with Gasteiger partial charge in [-0.3, -0.25) is 19.2 Å². The number of nitrogens with one attached hydrogen (secondary N) is 1. The molecule has 0 bridgehead atoms. The maximum absolute atomic E-state index is 14.0. The first-order valence-corrected chi connectivity index (χ1v) is 13.5. The number of aromatic nitrogens is 1. The summed E-state index contributed by atoms with van der Waals surface area (Å²) in [5.74, 6) is -11.8. The van der Waals surface area contributed by atoms with Crippen LogP contribution in [0.3, 0.4) is 0 Å². The quantitative estimate of drug-likeness (QED) is 0.127. The predicted molar refractivity (Wildman–Crippen MR) is 147 cm³/mol. The fraction of sp³-hybridized carbons (Fsp3) is 0.357. The number of Topliss-reactive ketones (excluding diaryl/α,β-unsaturated/α-hetero) is 1. The number of nitrogens with zero attached hydrogens (tertiary/aromatic N) is 1. The molecule has 3 aromatic rings. The summed E-state index contributed by atoms with van der Waals surface area (Å²) >= 11 is 11.8. The number of ether oxygens (including phenoxy) is 2. The molecule has 0 fully saturated rings. The summed E-state index contributed by atoms with van der Waals surface area (Å²) in [6.45, 7) is 3.39. The van der Waals surface area contributed by atoms with Gasteiger partial charge in [-0.25, -0.2) is 8.78 Å². The van der Waals surface area contributed by atoms with Crippen LogP contribution in [-0.4, -0.2) is 46.4 Å². The van der Waals surface area contributed by atoms with Crippen molar-refractivity contribution < 1.29 is 41.4 Å². The maximum Gasteiger partial charge on any atom is 0.308 e. The monoisotopic (exact) mass is 632 g/mol. The van der Waals surface area contributed by atoms with Crippen LogP contribution in [0, 0.1) is 23.3 Å². The van der Waals surface area contributed by atoms with Crippen molar-refractivity contribution in [2.75, 3.05) is 12.5 Å². The average Bonchev–Trinajstić information content (AvgIpc) is 2.93. The van der Waals surface area contributed by atoms with Crippen molar-refractivity contribution in [1.29, 1.82) is 0 Å². The third kappa shape index (κ3) is 7.60. The number of rotatable bonds is 12. The van der Waals surface area contributed by atoms with Crippen LogP contribution in [0.25, 0.3) is 10.8 Å². The van der Waals surface area contributed by atoms with E-state index in [0.717, 1.165) is 4.57 Å². The lowest BCUT2D eigenvalue weighted by molar-refractivity contribution is -0.156. The van der Waals surface area contributed by atoms with Gasteiger partial charge >= 0.3 is 5.97 Å². The SMILES string of the molecule is CC[C@@H](C(=O)NC(CC(=O)OC(C)(C)CCl)C(=O)COc1c(F)c(F)cc(F)c1F)n1ccc2ccc(Cl)cc2c1=O. The van der Waals surface area contributed by atoms with Crippen LogP contribution in [0.2, 0.25) is 5.02 Å². The van der Waals surface area contributed by atoms with Crippen molar-refractivity contribution in [2.45, 2.75) is 51.3 Å². The number of carbonyl (C=O) groups is 3. The number of alkyl halides is 1. The van der Waals surface area contributed by atoms with E-state index in [2.05, 4.69) is 5.32 Å². The molecule has 2 atom stereocenters. The number of ketones is 1. The summed E-state index contributed by atoms with van der Waals surface area (Å²) in [4.78, 5) is 52.2. The minimum atomic E-state index is -1.88. The summed E-state index contributed by atoms with van der Waals surface area (Å²) in [7, 11) is 0. The van der Waals surface area contributed by atoms with Crippen LogP contribution < -0.4 is 15.6 Å². The molecule has 1 amide bonds. The molecule has 0 aliphatic rings. The lowest BCUT2D eigenvalue weighted by Crippen LogP contribution is -2.48. The molecule has 1 N–H and O–H groups in total. The molecule has 0 radical (unpaired) electrons. The van der Waals surface area contributed by atoms with Gasteiger partial charge in [0.15, 0.2) is 23.2 Å². The Kier molecular flexibility index (Phi) is 10.6. The highest BCUT2D eigenvalue weighted by molar-refractivity contribution is 6.31. The summed E-state index contributed by atoms with van der Waals surface area (Å²) in [5, 5.41) is 3.45. The van der Waals surface area contributed by atoms with Gasteiger partial charge < -0.3 is 19.4 Å². The molecule has 2 aromatic carbocycles. The number of benzene rings is 2. The topological polar surface area (TPSA) is 104 Å². The number of carbonyl (C=O) groups excluding carboxylic acids is 3. The highest BCUT2D eigenvalue weighted by atomic mass is 35.5. The highest BCUT2D eigenvalue weighted by Crippen LogP contribution is 2.26. The lowest BCUT2D eigenvalue weighted by Gasteiger charge is -2.25. The van der Waals surface area contributed by atoms with Crippen LogP contribution in [-0.2, 0) is 19.1 Å². The molecule has 0 spiro atoms. The molecule has 1 unspecified atom stereocenters. The van der Waals surface area contributed by atoms with Gasteiger partial charge in [-0.2, -0.15) is 8.78 Å². The number of amides is 1. The minimum Gasteiger partial charge on any atom is -0.479 e. The van der Waals surface area contributed by atoms with Crippen molar-refractivity contribution in [2.24, 2.45) is 0 Å². The number of fused-ring (bicyclic) bond motifs is 1. The van der Waals surface area contributed by atoms with Crippen LogP contribution in [0.1, 0.15) is 39.7 Å². The van der Waals surface area contributed by atoms with Crippen molar-refractivity contribution in [1.82, 2.24) is 9.88 Å². The Morgan fingerprint density at radius 3 is 2.29 bits per heavy atom. The van der Waals surface area contributed by atoms with E-state index in [0.29, 0.717) is 10.4 Å². The van der Waals surface area contributed by atoms with Crippen LogP contribution >= 0.6 is 23.2 Å². The van der Waals surface area contributed by atoms with Gasteiger partial charge in [-0.15, -0.1) is 11.6 Å². The molecule has 0 saturated carbocycles. The van der Waals surface area contributed by atoms with Crippen molar-refractivity contribution in [3.8, 4) is 5.75 Å². The molecule has 1 aromatic heterocycles. The van der Waals surface area contributed by atoms with Crippen LogP contribution in [0.15, 0.2) is 41.3 Å². The number of halogens is 6. The molecular formula is C28H26Cl2F4N2O6. The zero-order valence-corrected chi connectivity index (χ0v) is 24.1. The highest BCUT2D eigenvalue weighted by Gasteiger charge is 2.32. The van der Waals surface area contributed by atoms with E-state index in [9.17, 15) is 36.7 Å². The number of hydrogen-bond donors (Lipinski definition) is 1. The summed E-state index contributed by atoms with van der Waals surface area (Å²) in [6.07, 6.45) is 0.681. The van der Waals surface area contributed by atoms with E-state index in [-0.39, 0.29) is 23.8 Å². The Morgan fingerprint density at radius 2 is 1.69 bits per heavy atom. The van der Waals surface area contributed by atoms with Gasteiger partial charge in [-0.05, 0) is 43.9 Å². The average molecular weight is 633 g/mol. The normalized spacial score (nSPS) is 13.0. The number of hydrogen-bond acceptors (Lipinski definition) is 6. The first-order valence-electron chi connectivity index (χ1n) is 12.6. The summed E-state index contributed by atoms with van der Waals surface area (Å²) < 4.78 is 66.3. The van der Waals surface area contributed by atoms with Crippen molar-refractivity contribution >= 4 is 51.6 Å². The molecule has 3 rings (SSSR count). The second kappa shape index (κ2) is 13.6. The van der Waals surface area contributed by atoms with E-state index in [1.54, 1.807) is 25.1 Å². The maximum atomic E-state index is 14.0. The second-order valence-electron chi connectivity index (χ2n) is 9.87. The van der Waals surface area contributed by atoms with E-state index in [1.165, 1.54) is 26.1 Å². The zero-order valence-electron chi connectivity index (χ0n) is 22.6. The third-order valence-electron chi connectivity index (χ3n) is 6.14. The van der Waals surface area contributed by atoms with Gasteiger partial charge in [0.05, 0.1) is 12.3 Å². The molecule has 0 aliphatic carbocycles. The molecule has 0 aliphatic heterocycles. The number of esters is 1. The first kappa shape index (κ1) is 32.9. The predicted octanol–water partition coefficient (Wildman–Crippen LogP) is 5.25. The standard InChI is InChI=1S/C28H26Cl2F4N2O6/c1-4-20(36-8-7-14-5-6-15(30)9-16(14)27(36)40)26(39)35-19(11-22(38)42-28(2,3)13-29)21(37)12-41-25-23(33)17(31)10-18(32)24(25)34/h5-10,19-20H,4,11-13H2,1-3H3,(H,35,39)/t19?,20-/m0/s1. The lowest BCUT2D eigenvalue weighted by atomic mass is 10.1. The smallest absolute Gasteiger partial charge is 0.308 e. The number of pyridine rings is 1. The van der Waals surface area contributed by atoms with Crippen molar-refractivity contribution in [3.63, 3.8) is 0 Å². The van der Waals surface area contributed by atoms with E-state index in [4.69, 9.17) is 32.7 Å². The van der Waals surface area contributed by atoms with Crippen LogP contribution in [0.4, 0.5) is 17.6 Å². The van der Waals surface area contributed by atoms with Gasteiger partial charge in [0.25, 0.3) is 5.56 Å². The Labute approximate surface area is 247 Å². The largest absolute Gasteiger partial charge is 0.479 e. The molecule has 0 saturated heterocycles. The second-order valence-corrected chi connectivity index (χ2v) is 10.6. The Bertz CT molecular complexity index is 1550. The van der Waals surface area contributed by atoms with Gasteiger partial charge in [0, 0.05) is 22.7 Å². The fourth-order valence-electron chi connectivity index (χ4n) is 3.96. The molecule has 226 valence electrons. The van der Waals surface area contributed by atoms with Gasteiger partial charge in [0.1, 0.15) is 24.3 Å². The van der Waals surface area contributed by atoms with Crippen molar-refractivity contribution in [3.05, 3.63) is 75.2 Å². The fourth-order valence-corrected chi connectivity index (χ4v) is 4.19. The Hall–Kier alpha value is -3.64. The Balaban J connectivity index is 1.90. The molecule has 8 nitrogen and oxygen atoms in total. The van der Waals surface area contributed by atoms with Crippen LogP contribution in [0.5, 0.6) is 5.75 Å². The van der Waals surface area contributed by atoms with Gasteiger partial charge in [0.2, 0.25) is 17.5 Å². The molecule has 42 heavy (non-hydrogen) atoms. The molecule has 1 heterocycles. The minimum absolute atomic E-state index is 0.0371. The van der Waals surface area contributed by atoms with Gasteiger partial charge in [-0.1, -0.05) is 24.6 Å². The zero-order chi connectivity index (χ0) is 31.4. The van der Waals surface area contributed by atoms with E-state index in [1.807, 2.05) is 0 Å². The molecular weight excluding hydrogens is 607 g/mol. The summed E-state index contributed by atoms with van der Waals surface area (Å²) in [5.41, 5.74) is -1.70. The Morgan fingerprint density at radius 1 is 1.05 bits per heavy atom.